The topological polar surface area (TPSA) is 94.2 Å². The number of carbonyl (C=O) groups excluding carboxylic acids is 1. The Morgan fingerprint density at radius 1 is 1.32 bits per heavy atom. The minimum Gasteiger partial charge on any atom is -0.384 e. The van der Waals surface area contributed by atoms with Crippen molar-refractivity contribution in [2.24, 2.45) is 5.92 Å². The van der Waals surface area contributed by atoms with Crippen LogP contribution in [0, 0.1) is 5.92 Å². The second-order valence-corrected chi connectivity index (χ2v) is 6.28. The highest BCUT2D eigenvalue weighted by Crippen LogP contribution is 2.15. The van der Waals surface area contributed by atoms with Crippen molar-refractivity contribution in [1.29, 1.82) is 0 Å². The van der Waals surface area contributed by atoms with Crippen molar-refractivity contribution in [3.63, 3.8) is 0 Å². The number of rotatable bonds is 7. The average Bonchev–Trinajstić information content (AvgIpc) is 3.27. The van der Waals surface area contributed by atoms with Crippen LogP contribution in [0.1, 0.15) is 18.5 Å². The molecule has 1 saturated heterocycles. The molecule has 134 valence electrons. The van der Waals surface area contributed by atoms with E-state index in [2.05, 4.69) is 15.7 Å². The summed E-state index contributed by atoms with van der Waals surface area (Å²) in [6.07, 6.45) is 2.59. The zero-order chi connectivity index (χ0) is 17.5. The second-order valence-electron chi connectivity index (χ2n) is 6.28. The molecule has 7 nitrogen and oxygen atoms in total. The molecule has 2 amide bonds. The third-order valence-electron chi connectivity index (χ3n) is 4.26. The monoisotopic (exact) mass is 343 g/mol. The Kier molecular flexibility index (Phi) is 5.90. The number of urea groups is 1. The molecule has 1 fully saturated rings. The van der Waals surface area contributed by atoms with E-state index in [1.165, 1.54) is 0 Å². The zero-order valence-corrected chi connectivity index (χ0v) is 14.3. The molecule has 1 aromatic carbocycles. The van der Waals surface area contributed by atoms with Crippen molar-refractivity contribution >= 4 is 11.8 Å². The van der Waals surface area contributed by atoms with Gasteiger partial charge in [0.1, 0.15) is 5.82 Å². The molecule has 0 radical (unpaired) electrons. The van der Waals surface area contributed by atoms with Gasteiger partial charge in [0.15, 0.2) is 0 Å². The number of anilines is 1. The number of benzene rings is 1. The first-order chi connectivity index (χ1) is 12.2. The maximum absolute atomic E-state index is 11.8. The summed E-state index contributed by atoms with van der Waals surface area (Å²) in [7, 11) is 0. The van der Waals surface area contributed by atoms with E-state index in [0.29, 0.717) is 24.8 Å². The Morgan fingerprint density at radius 2 is 2.16 bits per heavy atom. The number of para-hydroxylation sites is 1. The molecule has 0 bridgehead atoms. The molecule has 1 atom stereocenters. The van der Waals surface area contributed by atoms with Crippen LogP contribution in [0.3, 0.4) is 0 Å². The minimum absolute atomic E-state index is 0.124. The predicted molar refractivity (Wildman–Crippen MR) is 96.6 cm³/mol. The van der Waals surface area contributed by atoms with E-state index in [-0.39, 0.29) is 6.03 Å². The predicted octanol–water partition coefficient (Wildman–Crippen LogP) is 1.72. The maximum Gasteiger partial charge on any atom is 0.314 e. The Labute approximate surface area is 147 Å². The molecule has 25 heavy (non-hydrogen) atoms. The van der Waals surface area contributed by atoms with Gasteiger partial charge in [0, 0.05) is 31.7 Å². The van der Waals surface area contributed by atoms with E-state index in [1.54, 1.807) is 4.68 Å². The smallest absolute Gasteiger partial charge is 0.314 e. The van der Waals surface area contributed by atoms with Crippen LogP contribution >= 0.6 is 0 Å². The minimum atomic E-state index is -0.124. The second kappa shape index (κ2) is 8.53. The van der Waals surface area contributed by atoms with E-state index in [0.717, 1.165) is 43.9 Å². The molecule has 1 aliphatic heterocycles. The van der Waals surface area contributed by atoms with E-state index in [9.17, 15) is 4.79 Å². The van der Waals surface area contributed by atoms with Crippen LogP contribution in [-0.2, 0) is 11.2 Å². The summed E-state index contributed by atoms with van der Waals surface area (Å²) in [6, 6.07) is 11.6. The Balaban J connectivity index is 1.38. The van der Waals surface area contributed by atoms with E-state index < -0.39 is 0 Å². The van der Waals surface area contributed by atoms with Gasteiger partial charge in [-0.15, -0.1) is 0 Å². The zero-order valence-electron chi connectivity index (χ0n) is 14.3. The summed E-state index contributed by atoms with van der Waals surface area (Å²) in [4.78, 5) is 11.8. The van der Waals surface area contributed by atoms with Gasteiger partial charge in [-0.25, -0.2) is 9.48 Å². The highest BCUT2D eigenvalue weighted by molar-refractivity contribution is 5.73. The van der Waals surface area contributed by atoms with Crippen LogP contribution < -0.4 is 16.4 Å². The van der Waals surface area contributed by atoms with E-state index in [1.807, 2.05) is 36.4 Å². The average molecular weight is 343 g/mol. The first-order valence-corrected chi connectivity index (χ1v) is 8.71. The van der Waals surface area contributed by atoms with E-state index >= 15 is 0 Å². The largest absolute Gasteiger partial charge is 0.384 e. The molecule has 7 heteroatoms. The Morgan fingerprint density at radius 3 is 2.92 bits per heavy atom. The quantitative estimate of drug-likeness (QED) is 0.667. The van der Waals surface area contributed by atoms with E-state index in [4.69, 9.17) is 10.5 Å². The summed E-state index contributed by atoms with van der Waals surface area (Å²) < 4.78 is 7.02. The van der Waals surface area contributed by atoms with Crippen molar-refractivity contribution in [3.8, 4) is 5.69 Å². The van der Waals surface area contributed by atoms with Crippen LogP contribution in [0.25, 0.3) is 5.69 Å². The Hall–Kier alpha value is -2.54. The van der Waals surface area contributed by atoms with Crippen molar-refractivity contribution in [3.05, 3.63) is 42.1 Å². The fourth-order valence-electron chi connectivity index (χ4n) is 2.86. The highest BCUT2D eigenvalue weighted by Gasteiger charge is 2.16. The number of nitrogens with one attached hydrogen (secondary N) is 2. The number of ether oxygens (including phenoxy) is 1. The number of nitrogens with two attached hydrogens (primary N) is 1. The lowest BCUT2D eigenvalue weighted by atomic mass is 10.1. The molecule has 2 heterocycles. The maximum atomic E-state index is 11.8. The highest BCUT2D eigenvalue weighted by atomic mass is 16.5. The normalized spacial score (nSPS) is 16.7. The Bertz CT molecular complexity index is 680. The van der Waals surface area contributed by atoms with Crippen LogP contribution in [0.4, 0.5) is 10.6 Å². The first kappa shape index (κ1) is 17.3. The lowest BCUT2D eigenvalue weighted by molar-refractivity contribution is 0.185. The van der Waals surface area contributed by atoms with Gasteiger partial charge >= 0.3 is 6.03 Å². The van der Waals surface area contributed by atoms with Crippen LogP contribution in [0.15, 0.2) is 36.4 Å². The van der Waals surface area contributed by atoms with Gasteiger partial charge in [0.2, 0.25) is 0 Å². The van der Waals surface area contributed by atoms with Crippen molar-refractivity contribution in [2.75, 3.05) is 32.0 Å². The number of nitrogen functional groups attached to an aromatic ring is 1. The molecule has 4 N–H and O–H groups in total. The lowest BCUT2D eigenvalue weighted by Crippen LogP contribution is -2.38. The molecule has 1 aromatic heterocycles. The third-order valence-corrected chi connectivity index (χ3v) is 4.26. The number of nitrogens with zero attached hydrogens (tertiary/aromatic N) is 2. The number of carbonyl (C=O) groups is 1. The SMILES string of the molecule is Nc1cc(CCCNC(=O)NCC2CCOC2)nn1-c1ccccc1. The lowest BCUT2D eigenvalue weighted by Gasteiger charge is -2.10. The van der Waals surface area contributed by atoms with Crippen LogP contribution in [0.2, 0.25) is 0 Å². The molecular weight excluding hydrogens is 318 g/mol. The number of aryl methyl sites for hydroxylation is 1. The molecular formula is C18H25N5O2. The number of amides is 2. The van der Waals surface area contributed by atoms with Crippen molar-refractivity contribution in [1.82, 2.24) is 20.4 Å². The van der Waals surface area contributed by atoms with Gasteiger partial charge in [-0.1, -0.05) is 18.2 Å². The summed E-state index contributed by atoms with van der Waals surface area (Å²) in [5, 5.41) is 10.3. The molecule has 1 unspecified atom stereocenters. The fraction of sp³-hybridized carbons (Fsp3) is 0.444. The summed E-state index contributed by atoms with van der Waals surface area (Å²) in [5.74, 6) is 1.06. The van der Waals surface area contributed by atoms with Crippen LogP contribution in [0.5, 0.6) is 0 Å². The fourth-order valence-corrected chi connectivity index (χ4v) is 2.86. The molecule has 0 aliphatic carbocycles. The van der Waals surface area contributed by atoms with Gasteiger partial charge in [-0.2, -0.15) is 5.10 Å². The molecule has 3 rings (SSSR count). The standard InChI is InChI=1S/C18H25N5O2/c19-17-11-15(22-23(17)16-6-2-1-3-7-16)5-4-9-20-18(24)21-12-14-8-10-25-13-14/h1-3,6-7,11,14H,4-5,8-10,12-13,19H2,(H2,20,21,24). The van der Waals surface area contributed by atoms with Crippen molar-refractivity contribution < 1.29 is 9.53 Å². The third kappa shape index (κ3) is 4.96. The molecule has 0 saturated carbocycles. The number of aromatic nitrogens is 2. The van der Waals surface area contributed by atoms with Crippen LogP contribution in [-0.4, -0.2) is 42.1 Å². The van der Waals surface area contributed by atoms with Gasteiger partial charge in [-0.05, 0) is 31.4 Å². The number of hydrogen-bond donors (Lipinski definition) is 3. The number of hydrogen-bond acceptors (Lipinski definition) is 4. The summed E-state index contributed by atoms with van der Waals surface area (Å²) in [5.41, 5.74) is 7.90. The van der Waals surface area contributed by atoms with Gasteiger partial charge < -0.3 is 21.1 Å². The summed E-state index contributed by atoms with van der Waals surface area (Å²) >= 11 is 0. The first-order valence-electron chi connectivity index (χ1n) is 8.71. The molecule has 0 spiro atoms. The van der Waals surface area contributed by atoms with Crippen molar-refractivity contribution in [2.45, 2.75) is 19.3 Å². The molecule has 2 aromatic rings. The van der Waals surface area contributed by atoms with Gasteiger partial charge in [0.25, 0.3) is 0 Å². The van der Waals surface area contributed by atoms with Gasteiger partial charge in [-0.3, -0.25) is 0 Å². The molecule has 1 aliphatic rings. The summed E-state index contributed by atoms with van der Waals surface area (Å²) in [6.45, 7) is 2.81. The van der Waals surface area contributed by atoms with Gasteiger partial charge in [0.05, 0.1) is 18.0 Å².